The second-order valence-corrected chi connectivity index (χ2v) is 8.38. The number of rotatable bonds is 2. The summed E-state index contributed by atoms with van der Waals surface area (Å²) in [6.45, 7) is 5.39. The highest BCUT2D eigenvalue weighted by Gasteiger charge is 2.64. The van der Waals surface area contributed by atoms with Crippen LogP contribution in [-0.2, 0) is 14.4 Å². The lowest BCUT2D eigenvalue weighted by atomic mass is 9.46. The molecule has 4 nitrogen and oxygen atoms in total. The Morgan fingerprint density at radius 1 is 1.04 bits per heavy atom. The molecule has 3 unspecified atom stereocenters. The van der Waals surface area contributed by atoms with Gasteiger partial charge in [-0.05, 0) is 29.3 Å². The average molecular weight is 350 g/mol. The summed E-state index contributed by atoms with van der Waals surface area (Å²) in [5.41, 5.74) is -1.67. The van der Waals surface area contributed by atoms with Crippen molar-refractivity contribution in [2.24, 2.45) is 22.7 Å². The van der Waals surface area contributed by atoms with Crippen molar-refractivity contribution in [3.63, 3.8) is 0 Å². The van der Waals surface area contributed by atoms with E-state index in [2.05, 4.69) is 0 Å². The van der Waals surface area contributed by atoms with Crippen LogP contribution in [0.1, 0.15) is 33.6 Å². The third-order valence-electron chi connectivity index (χ3n) is 6.37. The second kappa shape index (κ2) is 5.50. The van der Waals surface area contributed by atoms with Crippen molar-refractivity contribution < 1.29 is 19.1 Å². The molecular formula is C22H22O4. The van der Waals surface area contributed by atoms with Crippen molar-refractivity contribution in [1.82, 2.24) is 0 Å². The minimum absolute atomic E-state index is 0.00121. The largest absolute Gasteiger partial charge is 0.426 e. The van der Waals surface area contributed by atoms with Gasteiger partial charge in [0.25, 0.3) is 0 Å². The highest BCUT2D eigenvalue weighted by Crippen LogP contribution is 2.57. The maximum Gasteiger partial charge on any atom is 0.315 e. The first kappa shape index (κ1) is 17.0. The SMILES string of the molecule is CC1(C)C(=O)C2(C)CC(=O)C1CC2C(=O)Oc1ccc2ccccc2c1. The molecule has 0 amide bonds. The Morgan fingerprint density at radius 3 is 2.46 bits per heavy atom. The van der Waals surface area contributed by atoms with Gasteiger partial charge in [-0.15, -0.1) is 0 Å². The fraction of sp³-hybridized carbons (Fsp3) is 0.409. The van der Waals surface area contributed by atoms with Crippen molar-refractivity contribution >= 4 is 28.3 Å². The number of ether oxygens (including phenoxy) is 1. The lowest BCUT2D eigenvalue weighted by molar-refractivity contribution is -0.175. The summed E-state index contributed by atoms with van der Waals surface area (Å²) in [5, 5.41) is 2.06. The maximum atomic E-state index is 13.0. The smallest absolute Gasteiger partial charge is 0.315 e. The van der Waals surface area contributed by atoms with Crippen LogP contribution >= 0.6 is 0 Å². The fourth-order valence-electron chi connectivity index (χ4n) is 4.84. The zero-order valence-corrected chi connectivity index (χ0v) is 15.2. The molecule has 3 fully saturated rings. The van der Waals surface area contributed by atoms with Crippen LogP contribution in [0.25, 0.3) is 10.8 Å². The first-order valence-electron chi connectivity index (χ1n) is 9.01. The van der Waals surface area contributed by atoms with Gasteiger partial charge in [0, 0.05) is 23.2 Å². The van der Waals surface area contributed by atoms with E-state index in [9.17, 15) is 14.4 Å². The third-order valence-corrected chi connectivity index (χ3v) is 6.37. The molecule has 134 valence electrons. The second-order valence-electron chi connectivity index (χ2n) is 8.38. The topological polar surface area (TPSA) is 60.4 Å². The van der Waals surface area contributed by atoms with Gasteiger partial charge in [0.05, 0.1) is 5.92 Å². The number of fused-ring (bicyclic) bond motifs is 4. The van der Waals surface area contributed by atoms with E-state index in [1.807, 2.05) is 50.2 Å². The Balaban J connectivity index is 1.62. The molecule has 5 rings (SSSR count). The van der Waals surface area contributed by atoms with Crippen LogP contribution in [0.4, 0.5) is 0 Å². The van der Waals surface area contributed by atoms with Gasteiger partial charge in [0.1, 0.15) is 17.3 Å². The maximum absolute atomic E-state index is 13.0. The number of hydrogen-bond donors (Lipinski definition) is 0. The Bertz CT molecular complexity index is 942. The molecule has 3 atom stereocenters. The molecule has 0 saturated heterocycles. The summed E-state index contributed by atoms with van der Waals surface area (Å²) >= 11 is 0. The quantitative estimate of drug-likeness (QED) is 0.608. The molecule has 0 aliphatic heterocycles. The van der Waals surface area contributed by atoms with E-state index >= 15 is 0 Å². The van der Waals surface area contributed by atoms with Gasteiger partial charge in [0.15, 0.2) is 0 Å². The molecule has 3 aliphatic carbocycles. The van der Waals surface area contributed by atoms with E-state index < -0.39 is 28.6 Å². The average Bonchev–Trinajstić information content (AvgIpc) is 2.59. The zero-order valence-electron chi connectivity index (χ0n) is 15.2. The van der Waals surface area contributed by atoms with Gasteiger partial charge in [-0.3, -0.25) is 14.4 Å². The number of esters is 1. The van der Waals surface area contributed by atoms with Gasteiger partial charge in [-0.2, -0.15) is 0 Å². The molecule has 2 aromatic rings. The number of ketones is 2. The standard InChI is InChI=1S/C22H22O4/c1-21(2)16-11-17(22(3,20(21)25)12-18(16)23)19(24)26-15-9-8-13-6-4-5-7-14(13)10-15/h4-10,16-17H,11-12H2,1-3H3. The van der Waals surface area contributed by atoms with E-state index in [4.69, 9.17) is 4.74 Å². The Kier molecular flexibility index (Phi) is 3.59. The van der Waals surface area contributed by atoms with E-state index in [1.54, 1.807) is 13.0 Å². The lowest BCUT2D eigenvalue weighted by Crippen LogP contribution is -2.62. The third kappa shape index (κ3) is 2.32. The molecule has 0 spiro atoms. The van der Waals surface area contributed by atoms with Crippen molar-refractivity contribution in [2.45, 2.75) is 33.6 Å². The molecule has 4 heteroatoms. The Hall–Kier alpha value is -2.49. The number of carbonyl (C=O) groups excluding carboxylic acids is 3. The molecule has 3 saturated carbocycles. The van der Waals surface area contributed by atoms with Gasteiger partial charge in [-0.25, -0.2) is 0 Å². The molecule has 0 radical (unpaired) electrons. The van der Waals surface area contributed by atoms with E-state index in [0.29, 0.717) is 12.2 Å². The van der Waals surface area contributed by atoms with E-state index in [1.165, 1.54) is 0 Å². The minimum Gasteiger partial charge on any atom is -0.426 e. The number of carbonyl (C=O) groups is 3. The minimum atomic E-state index is -0.969. The van der Waals surface area contributed by atoms with Crippen LogP contribution in [0, 0.1) is 22.7 Å². The van der Waals surface area contributed by atoms with Crippen LogP contribution < -0.4 is 4.74 Å². The van der Waals surface area contributed by atoms with E-state index in [0.717, 1.165) is 10.8 Å². The zero-order chi connectivity index (χ0) is 18.7. The first-order chi connectivity index (χ1) is 12.2. The van der Waals surface area contributed by atoms with Crippen molar-refractivity contribution in [1.29, 1.82) is 0 Å². The highest BCUT2D eigenvalue weighted by atomic mass is 16.5. The van der Waals surface area contributed by atoms with Crippen LogP contribution in [0.15, 0.2) is 42.5 Å². The van der Waals surface area contributed by atoms with E-state index in [-0.39, 0.29) is 18.0 Å². The summed E-state index contributed by atoms with van der Waals surface area (Å²) in [6, 6.07) is 13.3. The van der Waals surface area contributed by atoms with Gasteiger partial charge in [0.2, 0.25) is 0 Å². The Labute approximate surface area is 152 Å². The summed E-state index contributed by atoms with van der Waals surface area (Å²) in [6.07, 6.45) is 0.526. The molecule has 3 aliphatic rings. The monoisotopic (exact) mass is 350 g/mol. The summed E-state index contributed by atoms with van der Waals surface area (Å²) in [7, 11) is 0. The van der Waals surface area contributed by atoms with Gasteiger partial charge < -0.3 is 4.74 Å². The highest BCUT2D eigenvalue weighted by molar-refractivity contribution is 6.06. The van der Waals surface area contributed by atoms with Crippen molar-refractivity contribution in [2.75, 3.05) is 0 Å². The van der Waals surface area contributed by atoms with Gasteiger partial charge in [-0.1, -0.05) is 51.1 Å². The molecular weight excluding hydrogens is 328 g/mol. The fourth-order valence-corrected chi connectivity index (χ4v) is 4.84. The Morgan fingerprint density at radius 2 is 1.73 bits per heavy atom. The molecule has 2 aromatic carbocycles. The van der Waals surface area contributed by atoms with Crippen molar-refractivity contribution in [3.8, 4) is 5.75 Å². The van der Waals surface area contributed by atoms with Gasteiger partial charge >= 0.3 is 5.97 Å². The molecule has 0 heterocycles. The van der Waals surface area contributed by atoms with Crippen LogP contribution in [-0.4, -0.2) is 17.5 Å². The number of benzene rings is 2. The molecule has 0 aromatic heterocycles. The lowest BCUT2D eigenvalue weighted by Gasteiger charge is -2.54. The van der Waals surface area contributed by atoms with Crippen LogP contribution in [0.5, 0.6) is 5.75 Å². The van der Waals surface area contributed by atoms with Crippen molar-refractivity contribution in [3.05, 3.63) is 42.5 Å². The summed E-state index contributed by atoms with van der Waals surface area (Å²) < 4.78 is 5.63. The predicted molar refractivity (Wildman–Crippen MR) is 97.7 cm³/mol. The van der Waals surface area contributed by atoms with Crippen LogP contribution in [0.2, 0.25) is 0 Å². The predicted octanol–water partition coefficient (Wildman–Crippen LogP) is 3.96. The first-order valence-corrected chi connectivity index (χ1v) is 9.01. The summed E-state index contributed by atoms with van der Waals surface area (Å²) in [4.78, 5) is 38.2. The molecule has 2 bridgehead atoms. The molecule has 26 heavy (non-hydrogen) atoms. The summed E-state index contributed by atoms with van der Waals surface area (Å²) in [5.74, 6) is -0.822. The number of hydrogen-bond acceptors (Lipinski definition) is 4. The molecule has 0 N–H and O–H groups in total. The van der Waals surface area contributed by atoms with Crippen LogP contribution in [0.3, 0.4) is 0 Å². The normalized spacial score (nSPS) is 29.8. The number of Topliss-reactive ketones (excluding diaryl/α,β-unsaturated/α-hetero) is 2.